The van der Waals surface area contributed by atoms with E-state index >= 15 is 0 Å². The minimum absolute atomic E-state index is 0.118. The van der Waals surface area contributed by atoms with E-state index < -0.39 is 0 Å². The van der Waals surface area contributed by atoms with Crippen LogP contribution < -0.4 is 0 Å². The molecule has 0 aromatic heterocycles. The first-order valence-corrected chi connectivity index (χ1v) is 6.24. The first-order chi connectivity index (χ1) is 7.95. The summed E-state index contributed by atoms with van der Waals surface area (Å²) in [5.41, 5.74) is 0.949. The molecular weight excluding hydrogens is 214 g/mol. The van der Waals surface area contributed by atoms with E-state index in [-0.39, 0.29) is 17.5 Å². The molecule has 0 radical (unpaired) electrons. The third-order valence-corrected chi connectivity index (χ3v) is 3.05. The Hall–Kier alpha value is -1.22. The summed E-state index contributed by atoms with van der Waals surface area (Å²) < 4.78 is 0. The quantitative estimate of drug-likeness (QED) is 0.826. The lowest BCUT2D eigenvalue weighted by molar-refractivity contribution is 0.164. The second-order valence-corrected chi connectivity index (χ2v) is 4.79. The molecule has 0 heterocycles. The zero-order valence-corrected chi connectivity index (χ0v) is 11.1. The Kier molecular flexibility index (Phi) is 4.82. The summed E-state index contributed by atoms with van der Waals surface area (Å²) in [6.07, 6.45) is 1.09. The van der Waals surface area contributed by atoms with Gasteiger partial charge in [-0.15, -0.1) is 0 Å². The Labute approximate surface area is 104 Å². The van der Waals surface area contributed by atoms with Crippen molar-refractivity contribution in [1.29, 1.82) is 0 Å². The average Bonchev–Trinajstić information content (AvgIpc) is 2.23. The summed E-state index contributed by atoms with van der Waals surface area (Å²) in [6, 6.07) is 5.42. The van der Waals surface area contributed by atoms with Crippen LogP contribution in [-0.4, -0.2) is 27.7 Å². The number of phenolic OH excluding ortho intramolecular Hbond substituents is 2. The first-order valence-electron chi connectivity index (χ1n) is 6.24. The van der Waals surface area contributed by atoms with Gasteiger partial charge in [0.05, 0.1) is 0 Å². The van der Waals surface area contributed by atoms with Crippen LogP contribution in [0.1, 0.15) is 45.7 Å². The number of nitrogens with zero attached hydrogens (tertiary/aromatic N) is 1. The fourth-order valence-electron chi connectivity index (χ4n) is 2.21. The number of hydrogen-bond acceptors (Lipinski definition) is 3. The van der Waals surface area contributed by atoms with Crippen LogP contribution in [-0.2, 0) is 0 Å². The van der Waals surface area contributed by atoms with E-state index in [9.17, 15) is 10.2 Å². The molecule has 1 rings (SSSR count). The smallest absolute Gasteiger partial charge is 0.119 e. The van der Waals surface area contributed by atoms with Gasteiger partial charge >= 0.3 is 0 Å². The van der Waals surface area contributed by atoms with Crippen molar-refractivity contribution in [2.45, 2.75) is 46.2 Å². The van der Waals surface area contributed by atoms with Crippen molar-refractivity contribution in [3.05, 3.63) is 23.8 Å². The second-order valence-electron chi connectivity index (χ2n) is 4.79. The van der Waals surface area contributed by atoms with Crippen molar-refractivity contribution in [2.24, 2.45) is 0 Å². The largest absolute Gasteiger partial charge is 0.508 e. The highest BCUT2D eigenvalue weighted by molar-refractivity contribution is 5.38. The second kappa shape index (κ2) is 5.92. The molecule has 0 amide bonds. The third-order valence-electron chi connectivity index (χ3n) is 3.05. The fraction of sp³-hybridized carbons (Fsp3) is 0.571. The van der Waals surface area contributed by atoms with Crippen LogP contribution in [0.25, 0.3) is 0 Å². The van der Waals surface area contributed by atoms with E-state index in [0.717, 1.165) is 18.5 Å². The van der Waals surface area contributed by atoms with Crippen molar-refractivity contribution < 1.29 is 10.2 Å². The van der Waals surface area contributed by atoms with Crippen LogP contribution >= 0.6 is 0 Å². The van der Waals surface area contributed by atoms with Gasteiger partial charge in [0, 0.05) is 18.2 Å². The van der Waals surface area contributed by atoms with Gasteiger partial charge in [-0.2, -0.15) is 0 Å². The number of rotatable bonds is 5. The van der Waals surface area contributed by atoms with Gasteiger partial charge in [0.15, 0.2) is 0 Å². The topological polar surface area (TPSA) is 43.7 Å². The summed E-state index contributed by atoms with van der Waals surface area (Å²) in [4.78, 5) is 2.36. The van der Waals surface area contributed by atoms with Gasteiger partial charge in [-0.25, -0.2) is 0 Å². The van der Waals surface area contributed by atoms with Crippen molar-refractivity contribution in [1.82, 2.24) is 4.90 Å². The van der Waals surface area contributed by atoms with Gasteiger partial charge in [0.1, 0.15) is 11.5 Å². The van der Waals surface area contributed by atoms with Crippen LogP contribution in [0.15, 0.2) is 18.2 Å². The minimum atomic E-state index is 0.118. The summed E-state index contributed by atoms with van der Waals surface area (Å²) in [5, 5.41) is 19.0. The molecule has 17 heavy (non-hydrogen) atoms. The van der Waals surface area contributed by atoms with Crippen molar-refractivity contribution >= 4 is 0 Å². The molecule has 0 fully saturated rings. The maximum absolute atomic E-state index is 9.51. The average molecular weight is 237 g/mol. The molecule has 0 saturated carbocycles. The number of phenols is 2. The van der Waals surface area contributed by atoms with E-state index in [4.69, 9.17) is 0 Å². The van der Waals surface area contributed by atoms with E-state index in [0.29, 0.717) is 6.04 Å². The fourth-order valence-corrected chi connectivity index (χ4v) is 2.21. The zero-order chi connectivity index (χ0) is 13.0. The molecule has 3 nitrogen and oxygen atoms in total. The normalized spacial score (nSPS) is 13.3. The van der Waals surface area contributed by atoms with Crippen molar-refractivity contribution in [2.75, 3.05) is 6.54 Å². The number of benzene rings is 1. The Morgan fingerprint density at radius 2 is 1.59 bits per heavy atom. The molecule has 2 N–H and O–H groups in total. The van der Waals surface area contributed by atoms with Crippen molar-refractivity contribution in [3.63, 3.8) is 0 Å². The molecule has 0 aliphatic carbocycles. The molecule has 96 valence electrons. The Balaban J connectivity index is 2.96. The van der Waals surface area contributed by atoms with E-state index in [1.807, 2.05) is 0 Å². The molecule has 3 heteroatoms. The first kappa shape index (κ1) is 13.8. The lowest BCUT2D eigenvalue weighted by atomic mass is 10.0. The number of hydrogen-bond donors (Lipinski definition) is 2. The molecule has 0 aliphatic heterocycles. The van der Waals surface area contributed by atoms with Gasteiger partial charge in [-0.05, 0) is 51.4 Å². The SMILES string of the molecule is CCCN(C(C)C)C(C)c1cc(O)cc(O)c1. The molecule has 1 atom stereocenters. The highest BCUT2D eigenvalue weighted by Crippen LogP contribution is 2.29. The van der Waals surface area contributed by atoms with Gasteiger partial charge in [-0.3, -0.25) is 4.90 Å². The number of aromatic hydroxyl groups is 2. The van der Waals surface area contributed by atoms with Crippen LogP contribution in [0.3, 0.4) is 0 Å². The monoisotopic (exact) mass is 237 g/mol. The van der Waals surface area contributed by atoms with Gasteiger partial charge < -0.3 is 10.2 Å². The zero-order valence-electron chi connectivity index (χ0n) is 11.1. The van der Waals surface area contributed by atoms with Crippen molar-refractivity contribution in [3.8, 4) is 11.5 Å². The molecule has 0 bridgehead atoms. The molecule has 1 aromatic rings. The molecule has 1 unspecified atom stereocenters. The van der Waals surface area contributed by atoms with Gasteiger partial charge in [-0.1, -0.05) is 6.92 Å². The van der Waals surface area contributed by atoms with E-state index in [1.54, 1.807) is 12.1 Å². The summed E-state index contributed by atoms with van der Waals surface area (Å²) in [6.45, 7) is 9.59. The highest BCUT2D eigenvalue weighted by atomic mass is 16.3. The lowest BCUT2D eigenvalue weighted by Gasteiger charge is -2.32. The van der Waals surface area contributed by atoms with E-state index in [2.05, 4.69) is 32.6 Å². The van der Waals surface area contributed by atoms with Crippen LogP contribution in [0.2, 0.25) is 0 Å². The predicted molar refractivity (Wildman–Crippen MR) is 70.3 cm³/mol. The molecule has 0 aliphatic rings. The molecule has 0 saturated heterocycles. The summed E-state index contributed by atoms with van der Waals surface area (Å²) >= 11 is 0. The van der Waals surface area contributed by atoms with E-state index in [1.165, 1.54) is 6.07 Å². The Morgan fingerprint density at radius 1 is 1.06 bits per heavy atom. The van der Waals surface area contributed by atoms with Crippen LogP contribution in [0.4, 0.5) is 0 Å². The predicted octanol–water partition coefficient (Wildman–Crippen LogP) is 3.28. The minimum Gasteiger partial charge on any atom is -0.508 e. The molecule has 1 aromatic carbocycles. The Bertz CT molecular complexity index is 343. The van der Waals surface area contributed by atoms with Crippen LogP contribution in [0.5, 0.6) is 11.5 Å². The molecular formula is C14H23NO2. The summed E-state index contributed by atoms with van der Waals surface area (Å²) in [5.74, 6) is 0.235. The van der Waals surface area contributed by atoms with Gasteiger partial charge in [0.25, 0.3) is 0 Å². The standard InChI is InChI=1S/C14H23NO2/c1-5-6-15(10(2)3)11(4)12-7-13(16)9-14(17)8-12/h7-11,16-17H,5-6H2,1-4H3. The maximum Gasteiger partial charge on any atom is 0.119 e. The lowest BCUT2D eigenvalue weighted by Crippen LogP contribution is -2.34. The maximum atomic E-state index is 9.51. The van der Waals surface area contributed by atoms with Crippen LogP contribution in [0, 0.1) is 0 Å². The Morgan fingerprint density at radius 3 is 2.00 bits per heavy atom. The summed E-state index contributed by atoms with van der Waals surface area (Å²) in [7, 11) is 0. The molecule has 0 spiro atoms. The highest BCUT2D eigenvalue weighted by Gasteiger charge is 2.18. The van der Waals surface area contributed by atoms with Gasteiger partial charge in [0.2, 0.25) is 0 Å². The third kappa shape index (κ3) is 3.63.